The third-order valence-electron chi connectivity index (χ3n) is 5.44. The number of amides is 1. The Morgan fingerprint density at radius 1 is 1.22 bits per heavy atom. The third kappa shape index (κ3) is 3.88. The minimum Gasteiger partial charge on any atom is -0.352 e. The van der Waals surface area contributed by atoms with Gasteiger partial charge in [0.2, 0.25) is 15.9 Å². The Morgan fingerprint density at radius 2 is 1.91 bits per heavy atom. The molecule has 3 atom stereocenters. The fraction of sp³-hybridized carbons (Fsp3) is 0.938. The maximum Gasteiger partial charge on any atom is 0.238 e. The van der Waals surface area contributed by atoms with Gasteiger partial charge >= 0.3 is 0 Å². The normalized spacial score (nSPS) is 34.7. The van der Waals surface area contributed by atoms with Gasteiger partial charge < -0.3 is 10.6 Å². The zero-order valence-electron chi connectivity index (χ0n) is 14.0. The average Bonchev–Trinajstić information content (AvgIpc) is 3.12. The molecule has 0 saturated carbocycles. The minimum absolute atomic E-state index is 0.0890. The monoisotopic (exact) mass is 343 g/mol. The minimum atomic E-state index is -3.31. The second kappa shape index (κ2) is 7.07. The summed E-state index contributed by atoms with van der Waals surface area (Å²) in [5.41, 5.74) is 0. The van der Waals surface area contributed by atoms with Crippen LogP contribution in [0.15, 0.2) is 0 Å². The van der Waals surface area contributed by atoms with Crippen LogP contribution >= 0.6 is 0 Å². The van der Waals surface area contributed by atoms with Crippen molar-refractivity contribution in [1.29, 1.82) is 0 Å². The number of nitrogens with zero attached hydrogens (tertiary/aromatic N) is 1. The molecular formula is C16H29N3O3S. The Labute approximate surface area is 139 Å². The number of piperidine rings is 1. The molecule has 23 heavy (non-hydrogen) atoms. The quantitative estimate of drug-likeness (QED) is 0.754. The van der Waals surface area contributed by atoms with Gasteiger partial charge in [0.1, 0.15) is 6.04 Å². The Bertz CT molecular complexity index is 525. The number of hydrogen-bond donors (Lipinski definition) is 2. The van der Waals surface area contributed by atoms with Crippen LogP contribution in [0.3, 0.4) is 0 Å². The lowest BCUT2D eigenvalue weighted by atomic mass is 9.99. The van der Waals surface area contributed by atoms with Crippen LogP contribution in [0.25, 0.3) is 0 Å². The lowest BCUT2D eigenvalue weighted by molar-refractivity contribution is -0.125. The molecule has 1 amide bonds. The van der Waals surface area contributed by atoms with E-state index in [0.29, 0.717) is 31.5 Å². The van der Waals surface area contributed by atoms with Crippen molar-refractivity contribution < 1.29 is 13.2 Å². The molecule has 0 spiro atoms. The van der Waals surface area contributed by atoms with Crippen molar-refractivity contribution in [3.05, 3.63) is 0 Å². The molecule has 3 aliphatic heterocycles. The summed E-state index contributed by atoms with van der Waals surface area (Å²) in [5, 5.41) is 6.70. The molecular weight excluding hydrogens is 314 g/mol. The van der Waals surface area contributed by atoms with Gasteiger partial charge in [0, 0.05) is 24.7 Å². The van der Waals surface area contributed by atoms with Crippen LogP contribution in [0.1, 0.15) is 58.3 Å². The van der Waals surface area contributed by atoms with Crippen LogP contribution in [-0.4, -0.2) is 55.1 Å². The second-order valence-corrected chi connectivity index (χ2v) is 9.29. The van der Waals surface area contributed by atoms with Gasteiger partial charge in [-0.05, 0) is 44.9 Å². The van der Waals surface area contributed by atoms with E-state index in [0.717, 1.165) is 25.7 Å². The van der Waals surface area contributed by atoms with E-state index < -0.39 is 16.1 Å². The van der Waals surface area contributed by atoms with E-state index >= 15 is 0 Å². The summed E-state index contributed by atoms with van der Waals surface area (Å²) < 4.78 is 26.3. The summed E-state index contributed by atoms with van der Waals surface area (Å²) in [4.78, 5) is 12.6. The third-order valence-corrected chi connectivity index (χ3v) is 7.40. The molecule has 3 aliphatic rings. The van der Waals surface area contributed by atoms with Crippen molar-refractivity contribution in [2.24, 2.45) is 0 Å². The number of rotatable bonds is 6. The van der Waals surface area contributed by atoms with Crippen LogP contribution in [0.2, 0.25) is 0 Å². The summed E-state index contributed by atoms with van der Waals surface area (Å²) in [5.74, 6) is 0.0685. The lowest BCUT2D eigenvalue weighted by Crippen LogP contribution is -2.53. The van der Waals surface area contributed by atoms with E-state index in [9.17, 15) is 13.2 Å². The maximum atomic E-state index is 12.6. The molecule has 6 nitrogen and oxygen atoms in total. The number of nitrogens with one attached hydrogen (secondary N) is 2. The smallest absolute Gasteiger partial charge is 0.238 e. The predicted octanol–water partition coefficient (Wildman–Crippen LogP) is 0.980. The summed E-state index contributed by atoms with van der Waals surface area (Å²) >= 11 is 0. The number of unbranched alkanes of at least 4 members (excludes halogenated alkanes) is 1. The largest absolute Gasteiger partial charge is 0.352 e. The number of sulfonamides is 1. The molecule has 3 heterocycles. The molecule has 0 radical (unpaired) electrons. The zero-order valence-corrected chi connectivity index (χ0v) is 14.8. The zero-order chi connectivity index (χ0) is 16.4. The van der Waals surface area contributed by atoms with Gasteiger partial charge in [-0.25, -0.2) is 8.42 Å². The number of hydrogen-bond acceptors (Lipinski definition) is 4. The van der Waals surface area contributed by atoms with Crippen molar-refractivity contribution in [1.82, 2.24) is 14.9 Å². The van der Waals surface area contributed by atoms with Crippen molar-refractivity contribution in [3.8, 4) is 0 Å². The van der Waals surface area contributed by atoms with E-state index in [1.54, 1.807) is 0 Å². The molecule has 3 fully saturated rings. The van der Waals surface area contributed by atoms with E-state index in [2.05, 4.69) is 10.6 Å². The SMILES string of the molecule is CCCCS(=O)(=O)N1CCCC1C(=O)NC1CC2CCC(C1)N2. The Hall–Kier alpha value is -0.660. The van der Waals surface area contributed by atoms with Gasteiger partial charge in [0.05, 0.1) is 5.75 Å². The fourth-order valence-electron chi connectivity index (χ4n) is 4.25. The first-order valence-corrected chi connectivity index (χ1v) is 10.7. The molecule has 0 aromatic rings. The van der Waals surface area contributed by atoms with Gasteiger partial charge in [-0.15, -0.1) is 0 Å². The van der Waals surface area contributed by atoms with Gasteiger partial charge in [0.15, 0.2) is 0 Å². The maximum absolute atomic E-state index is 12.6. The van der Waals surface area contributed by atoms with E-state index in [4.69, 9.17) is 0 Å². The summed E-state index contributed by atoms with van der Waals surface area (Å²) in [6.07, 6.45) is 7.26. The van der Waals surface area contributed by atoms with Crippen LogP contribution < -0.4 is 10.6 Å². The van der Waals surface area contributed by atoms with Crippen LogP contribution in [-0.2, 0) is 14.8 Å². The molecule has 3 saturated heterocycles. The predicted molar refractivity (Wildman–Crippen MR) is 89.5 cm³/mol. The molecule has 132 valence electrons. The molecule has 2 bridgehead atoms. The van der Waals surface area contributed by atoms with Gasteiger partial charge in [0.25, 0.3) is 0 Å². The average molecular weight is 343 g/mol. The van der Waals surface area contributed by atoms with E-state index in [1.807, 2.05) is 6.92 Å². The Balaban J connectivity index is 1.59. The van der Waals surface area contributed by atoms with Crippen LogP contribution in [0, 0.1) is 0 Å². The highest BCUT2D eigenvalue weighted by atomic mass is 32.2. The van der Waals surface area contributed by atoms with Gasteiger partial charge in [-0.3, -0.25) is 4.79 Å². The highest BCUT2D eigenvalue weighted by Gasteiger charge is 2.40. The summed E-state index contributed by atoms with van der Waals surface area (Å²) in [6.45, 7) is 2.47. The number of carbonyl (C=O) groups excluding carboxylic acids is 1. The van der Waals surface area contributed by atoms with Gasteiger partial charge in [-0.2, -0.15) is 4.31 Å². The van der Waals surface area contributed by atoms with E-state index in [-0.39, 0.29) is 17.7 Å². The van der Waals surface area contributed by atoms with Crippen molar-refractivity contribution >= 4 is 15.9 Å². The molecule has 3 rings (SSSR count). The Morgan fingerprint density at radius 3 is 2.57 bits per heavy atom. The van der Waals surface area contributed by atoms with Crippen LogP contribution in [0.4, 0.5) is 0 Å². The molecule has 0 aliphatic carbocycles. The fourth-order valence-corrected chi connectivity index (χ4v) is 6.14. The molecule has 3 unspecified atom stereocenters. The molecule has 2 N–H and O–H groups in total. The first kappa shape index (κ1) is 17.2. The highest BCUT2D eigenvalue weighted by Crippen LogP contribution is 2.28. The van der Waals surface area contributed by atoms with Crippen molar-refractivity contribution in [2.45, 2.75) is 82.5 Å². The number of fused-ring (bicyclic) bond motifs is 2. The topological polar surface area (TPSA) is 78.5 Å². The summed E-state index contributed by atoms with van der Waals surface area (Å²) in [6, 6.07) is 0.741. The molecule has 0 aromatic heterocycles. The first-order chi connectivity index (χ1) is 11.0. The summed E-state index contributed by atoms with van der Waals surface area (Å²) in [7, 11) is -3.31. The van der Waals surface area contributed by atoms with Gasteiger partial charge in [-0.1, -0.05) is 13.3 Å². The highest BCUT2D eigenvalue weighted by molar-refractivity contribution is 7.89. The number of carbonyl (C=O) groups is 1. The second-order valence-electron chi connectivity index (χ2n) is 7.25. The lowest BCUT2D eigenvalue weighted by Gasteiger charge is -2.31. The first-order valence-electron chi connectivity index (χ1n) is 9.05. The van der Waals surface area contributed by atoms with E-state index in [1.165, 1.54) is 17.1 Å². The van der Waals surface area contributed by atoms with Crippen molar-refractivity contribution in [3.63, 3.8) is 0 Å². The molecule has 0 aromatic carbocycles. The standard InChI is InChI=1S/C16H29N3O3S/c1-2-3-9-23(21,22)19-8-4-5-15(19)16(20)18-14-10-12-6-7-13(11-14)17-12/h12-15,17H,2-11H2,1H3,(H,18,20). The van der Waals surface area contributed by atoms with Crippen LogP contribution in [0.5, 0.6) is 0 Å². The van der Waals surface area contributed by atoms with Crippen molar-refractivity contribution in [2.75, 3.05) is 12.3 Å². The Kier molecular flexibility index (Phi) is 5.28. The molecule has 7 heteroatoms.